The smallest absolute Gasteiger partial charge is 0.123 e. The van der Waals surface area contributed by atoms with E-state index in [2.05, 4.69) is 16.0 Å². The Balaban J connectivity index is 1.69. The lowest BCUT2D eigenvalue weighted by Crippen LogP contribution is -2.46. The van der Waals surface area contributed by atoms with Gasteiger partial charge in [-0.1, -0.05) is 18.9 Å². The summed E-state index contributed by atoms with van der Waals surface area (Å²) in [6.45, 7) is 2.31. The van der Waals surface area contributed by atoms with Gasteiger partial charge in [0.1, 0.15) is 5.82 Å². The maximum atomic E-state index is 5.64. The average molecular weight is 245 g/mol. The van der Waals surface area contributed by atoms with E-state index in [9.17, 15) is 0 Å². The first kappa shape index (κ1) is 12.0. The normalized spacial score (nSPS) is 28.9. The van der Waals surface area contributed by atoms with Crippen molar-refractivity contribution >= 4 is 5.82 Å². The zero-order chi connectivity index (χ0) is 12.4. The molecule has 2 unspecified atom stereocenters. The standard InChI is InChI=1S/C15H23N3/c16-15-8-7-12(10-17-15)11-18-9-3-5-13-4-1-2-6-14(13)18/h7-8,10,13-14H,1-6,9,11H2,(H2,16,17). The van der Waals surface area contributed by atoms with Crippen LogP contribution in [0.1, 0.15) is 44.1 Å². The van der Waals surface area contributed by atoms with Crippen LogP contribution in [0.25, 0.3) is 0 Å². The number of piperidine rings is 1. The Morgan fingerprint density at radius 2 is 2.00 bits per heavy atom. The summed E-state index contributed by atoms with van der Waals surface area (Å²) in [6.07, 6.45) is 10.4. The van der Waals surface area contributed by atoms with Gasteiger partial charge < -0.3 is 5.73 Å². The van der Waals surface area contributed by atoms with Crippen molar-refractivity contribution in [2.24, 2.45) is 5.92 Å². The van der Waals surface area contributed by atoms with Crippen molar-refractivity contribution in [1.29, 1.82) is 0 Å². The fraction of sp³-hybridized carbons (Fsp3) is 0.667. The van der Waals surface area contributed by atoms with Crippen LogP contribution < -0.4 is 5.73 Å². The number of pyridine rings is 1. The topological polar surface area (TPSA) is 42.1 Å². The number of fused-ring (bicyclic) bond motifs is 1. The molecule has 1 aromatic heterocycles. The second kappa shape index (κ2) is 5.27. The molecular weight excluding hydrogens is 222 g/mol. The Labute approximate surface area is 109 Å². The number of nitrogen functional groups attached to an aromatic ring is 1. The Bertz CT molecular complexity index is 385. The fourth-order valence-corrected chi connectivity index (χ4v) is 3.69. The molecule has 0 amide bonds. The molecule has 2 atom stereocenters. The molecule has 0 aromatic carbocycles. The second-order valence-corrected chi connectivity index (χ2v) is 5.82. The van der Waals surface area contributed by atoms with Gasteiger partial charge in [0.05, 0.1) is 0 Å². The predicted octanol–water partition coefficient (Wildman–Crippen LogP) is 2.82. The first-order valence-electron chi connectivity index (χ1n) is 7.27. The van der Waals surface area contributed by atoms with Crippen LogP contribution in [-0.4, -0.2) is 22.5 Å². The van der Waals surface area contributed by atoms with Gasteiger partial charge in [0.2, 0.25) is 0 Å². The predicted molar refractivity (Wildman–Crippen MR) is 74.0 cm³/mol. The van der Waals surface area contributed by atoms with Gasteiger partial charge in [0.25, 0.3) is 0 Å². The minimum atomic E-state index is 0.618. The molecule has 1 saturated heterocycles. The highest BCUT2D eigenvalue weighted by Crippen LogP contribution is 2.35. The summed E-state index contributed by atoms with van der Waals surface area (Å²) >= 11 is 0. The molecule has 1 aliphatic carbocycles. The van der Waals surface area contributed by atoms with E-state index in [1.165, 1.54) is 50.6 Å². The SMILES string of the molecule is Nc1ccc(CN2CCCC3CCCCC32)cn1. The summed E-state index contributed by atoms with van der Waals surface area (Å²) in [7, 11) is 0. The Hall–Kier alpha value is -1.09. The lowest BCUT2D eigenvalue weighted by molar-refractivity contribution is 0.0546. The quantitative estimate of drug-likeness (QED) is 0.871. The maximum absolute atomic E-state index is 5.64. The van der Waals surface area contributed by atoms with Crippen LogP contribution in [0.4, 0.5) is 5.82 Å². The Kier molecular flexibility index (Phi) is 3.50. The van der Waals surface area contributed by atoms with Crippen LogP contribution in [0, 0.1) is 5.92 Å². The van der Waals surface area contributed by atoms with E-state index in [4.69, 9.17) is 5.73 Å². The fourth-order valence-electron chi connectivity index (χ4n) is 3.69. The van der Waals surface area contributed by atoms with Crippen molar-refractivity contribution in [3.63, 3.8) is 0 Å². The third-order valence-electron chi connectivity index (χ3n) is 4.59. The van der Waals surface area contributed by atoms with Gasteiger partial charge >= 0.3 is 0 Å². The molecule has 2 fully saturated rings. The minimum Gasteiger partial charge on any atom is -0.384 e. The van der Waals surface area contributed by atoms with E-state index in [0.717, 1.165) is 18.5 Å². The van der Waals surface area contributed by atoms with Gasteiger partial charge in [0.15, 0.2) is 0 Å². The molecule has 2 heterocycles. The van der Waals surface area contributed by atoms with Crippen molar-refractivity contribution < 1.29 is 0 Å². The molecule has 1 saturated carbocycles. The van der Waals surface area contributed by atoms with Gasteiger partial charge in [-0.05, 0) is 49.8 Å². The molecular formula is C15H23N3. The van der Waals surface area contributed by atoms with E-state index in [-0.39, 0.29) is 0 Å². The van der Waals surface area contributed by atoms with Gasteiger partial charge in [-0.3, -0.25) is 4.90 Å². The van der Waals surface area contributed by atoms with Crippen LogP contribution in [0.2, 0.25) is 0 Å². The van der Waals surface area contributed by atoms with Crippen LogP contribution in [-0.2, 0) is 6.54 Å². The van der Waals surface area contributed by atoms with E-state index >= 15 is 0 Å². The van der Waals surface area contributed by atoms with E-state index in [0.29, 0.717) is 5.82 Å². The number of anilines is 1. The Morgan fingerprint density at radius 3 is 2.83 bits per heavy atom. The summed E-state index contributed by atoms with van der Waals surface area (Å²) in [6, 6.07) is 4.86. The van der Waals surface area contributed by atoms with Crippen molar-refractivity contribution in [3.8, 4) is 0 Å². The zero-order valence-electron chi connectivity index (χ0n) is 11.0. The van der Waals surface area contributed by atoms with Crippen molar-refractivity contribution in [2.45, 2.75) is 51.1 Å². The van der Waals surface area contributed by atoms with Crippen molar-refractivity contribution in [3.05, 3.63) is 23.9 Å². The van der Waals surface area contributed by atoms with Crippen molar-refractivity contribution in [1.82, 2.24) is 9.88 Å². The van der Waals surface area contributed by atoms with Crippen molar-refractivity contribution in [2.75, 3.05) is 12.3 Å². The molecule has 3 nitrogen and oxygen atoms in total. The Morgan fingerprint density at radius 1 is 1.17 bits per heavy atom. The van der Waals surface area contributed by atoms with Gasteiger partial charge in [-0.15, -0.1) is 0 Å². The number of nitrogens with zero attached hydrogens (tertiary/aromatic N) is 2. The highest BCUT2D eigenvalue weighted by atomic mass is 15.2. The second-order valence-electron chi connectivity index (χ2n) is 5.82. The molecule has 0 spiro atoms. The summed E-state index contributed by atoms with van der Waals surface area (Å²) in [5.74, 6) is 1.57. The third kappa shape index (κ3) is 2.51. The molecule has 0 bridgehead atoms. The summed E-state index contributed by atoms with van der Waals surface area (Å²) in [5, 5.41) is 0. The van der Waals surface area contributed by atoms with Gasteiger partial charge in [-0.25, -0.2) is 4.98 Å². The molecule has 98 valence electrons. The average Bonchev–Trinajstić information content (AvgIpc) is 2.42. The monoisotopic (exact) mass is 245 g/mol. The number of nitrogens with two attached hydrogens (primary N) is 1. The van der Waals surface area contributed by atoms with Gasteiger partial charge in [-0.2, -0.15) is 0 Å². The number of aromatic nitrogens is 1. The van der Waals surface area contributed by atoms with E-state index in [1.807, 2.05) is 12.3 Å². The number of likely N-dealkylation sites (tertiary alicyclic amines) is 1. The van der Waals surface area contributed by atoms with Crippen LogP contribution >= 0.6 is 0 Å². The molecule has 2 aliphatic rings. The summed E-state index contributed by atoms with van der Waals surface area (Å²) in [4.78, 5) is 6.88. The summed E-state index contributed by atoms with van der Waals surface area (Å²) < 4.78 is 0. The van der Waals surface area contributed by atoms with E-state index < -0.39 is 0 Å². The molecule has 1 aliphatic heterocycles. The molecule has 3 heteroatoms. The largest absolute Gasteiger partial charge is 0.384 e. The molecule has 2 N–H and O–H groups in total. The molecule has 1 aromatic rings. The van der Waals surface area contributed by atoms with Crippen LogP contribution in [0.3, 0.4) is 0 Å². The van der Waals surface area contributed by atoms with Gasteiger partial charge in [0, 0.05) is 18.8 Å². The lowest BCUT2D eigenvalue weighted by Gasteiger charge is -2.44. The zero-order valence-corrected chi connectivity index (χ0v) is 11.0. The van der Waals surface area contributed by atoms with Crippen LogP contribution in [0.15, 0.2) is 18.3 Å². The maximum Gasteiger partial charge on any atom is 0.123 e. The molecule has 18 heavy (non-hydrogen) atoms. The first-order chi connectivity index (χ1) is 8.83. The third-order valence-corrected chi connectivity index (χ3v) is 4.59. The lowest BCUT2D eigenvalue weighted by atomic mass is 9.78. The highest BCUT2D eigenvalue weighted by Gasteiger charge is 2.32. The number of hydrogen-bond acceptors (Lipinski definition) is 3. The van der Waals surface area contributed by atoms with E-state index in [1.54, 1.807) is 0 Å². The number of rotatable bonds is 2. The first-order valence-corrected chi connectivity index (χ1v) is 7.27. The molecule has 3 rings (SSSR count). The minimum absolute atomic E-state index is 0.618. The summed E-state index contributed by atoms with van der Waals surface area (Å²) in [5.41, 5.74) is 6.94. The number of hydrogen-bond donors (Lipinski definition) is 1. The molecule has 0 radical (unpaired) electrons. The highest BCUT2D eigenvalue weighted by molar-refractivity contribution is 5.29. The van der Waals surface area contributed by atoms with Crippen LogP contribution in [0.5, 0.6) is 0 Å².